The Morgan fingerprint density at radius 2 is 1.95 bits per heavy atom. The van der Waals surface area contributed by atoms with Gasteiger partial charge in [0, 0.05) is 6.54 Å². The standard InChI is InChI=1S/C10H10Cl2F3NO3S/c11-4-6(17)5-16-9-3-7(1-2-8(9)12)20(18,19)10(13,14)15/h1-3,6,16-17H,4-5H2. The normalized spacial score (nSPS) is 14.1. The number of benzene rings is 1. The molecule has 1 atom stereocenters. The maximum Gasteiger partial charge on any atom is 0.501 e. The molecule has 114 valence electrons. The molecule has 0 bridgehead atoms. The fourth-order valence-electron chi connectivity index (χ4n) is 1.22. The molecule has 0 aliphatic carbocycles. The van der Waals surface area contributed by atoms with Gasteiger partial charge in [-0.3, -0.25) is 0 Å². The van der Waals surface area contributed by atoms with Gasteiger partial charge in [0.2, 0.25) is 0 Å². The van der Waals surface area contributed by atoms with Crippen LogP contribution in [0, 0.1) is 0 Å². The van der Waals surface area contributed by atoms with Crippen LogP contribution >= 0.6 is 23.2 Å². The molecule has 10 heteroatoms. The Balaban J connectivity index is 3.09. The average molecular weight is 352 g/mol. The average Bonchev–Trinajstić information content (AvgIpc) is 2.35. The van der Waals surface area contributed by atoms with E-state index in [4.69, 9.17) is 23.2 Å². The summed E-state index contributed by atoms with van der Waals surface area (Å²) in [6.45, 7) is -0.0846. The summed E-state index contributed by atoms with van der Waals surface area (Å²) in [5.41, 5.74) is -5.44. The monoisotopic (exact) mass is 351 g/mol. The van der Waals surface area contributed by atoms with Crippen molar-refractivity contribution in [1.29, 1.82) is 0 Å². The van der Waals surface area contributed by atoms with Gasteiger partial charge in [0.25, 0.3) is 9.84 Å². The van der Waals surface area contributed by atoms with E-state index in [9.17, 15) is 26.7 Å². The van der Waals surface area contributed by atoms with Crippen molar-refractivity contribution in [2.45, 2.75) is 16.5 Å². The van der Waals surface area contributed by atoms with Crippen molar-refractivity contribution in [3.63, 3.8) is 0 Å². The molecule has 0 amide bonds. The number of sulfone groups is 1. The molecule has 0 aliphatic rings. The molecule has 0 spiro atoms. The largest absolute Gasteiger partial charge is 0.501 e. The third-order valence-corrected chi connectivity index (χ3v) is 4.43. The summed E-state index contributed by atoms with van der Waals surface area (Å²) in [6, 6.07) is 2.54. The summed E-state index contributed by atoms with van der Waals surface area (Å²) in [7, 11) is -5.45. The number of halogens is 5. The quantitative estimate of drug-likeness (QED) is 0.800. The minimum Gasteiger partial charge on any atom is -0.390 e. The maximum absolute atomic E-state index is 12.4. The van der Waals surface area contributed by atoms with Gasteiger partial charge < -0.3 is 10.4 Å². The lowest BCUT2D eigenvalue weighted by Crippen LogP contribution is -2.24. The Kier molecular flexibility index (Phi) is 5.54. The van der Waals surface area contributed by atoms with Crippen LogP contribution in [-0.2, 0) is 9.84 Å². The van der Waals surface area contributed by atoms with E-state index < -0.39 is 26.3 Å². The molecule has 0 aliphatic heterocycles. The van der Waals surface area contributed by atoms with Crippen molar-refractivity contribution in [3.8, 4) is 0 Å². The lowest BCUT2D eigenvalue weighted by Gasteiger charge is -2.14. The first-order valence-corrected chi connectivity index (χ1v) is 7.58. The molecule has 1 rings (SSSR count). The SMILES string of the molecule is O=S(=O)(c1ccc(Cl)c(NCC(O)CCl)c1)C(F)(F)F. The second kappa shape index (κ2) is 6.38. The Bertz CT molecular complexity index is 578. The smallest absolute Gasteiger partial charge is 0.390 e. The third-order valence-electron chi connectivity index (χ3n) is 2.26. The molecule has 1 aromatic rings. The van der Waals surface area contributed by atoms with E-state index in [-0.39, 0.29) is 23.1 Å². The van der Waals surface area contributed by atoms with Gasteiger partial charge in [-0.25, -0.2) is 8.42 Å². The summed E-state index contributed by atoms with van der Waals surface area (Å²) < 4.78 is 59.8. The second-order valence-electron chi connectivity index (χ2n) is 3.78. The van der Waals surface area contributed by atoms with Crippen LogP contribution in [0.4, 0.5) is 18.9 Å². The van der Waals surface area contributed by atoms with Gasteiger partial charge in [-0.15, -0.1) is 11.6 Å². The number of anilines is 1. The van der Waals surface area contributed by atoms with E-state index in [1.165, 1.54) is 0 Å². The van der Waals surface area contributed by atoms with Gasteiger partial charge in [0.15, 0.2) is 0 Å². The Labute approximate surface area is 123 Å². The highest BCUT2D eigenvalue weighted by Gasteiger charge is 2.47. The van der Waals surface area contributed by atoms with Crippen molar-refractivity contribution >= 4 is 38.7 Å². The highest BCUT2D eigenvalue weighted by atomic mass is 35.5. The summed E-state index contributed by atoms with van der Waals surface area (Å²) in [4.78, 5) is -0.933. The molecule has 1 unspecified atom stereocenters. The zero-order valence-corrected chi connectivity index (χ0v) is 12.1. The van der Waals surface area contributed by atoms with Gasteiger partial charge in [-0.2, -0.15) is 13.2 Å². The fourth-order valence-corrected chi connectivity index (χ4v) is 2.30. The molecular weight excluding hydrogens is 342 g/mol. The lowest BCUT2D eigenvalue weighted by atomic mass is 10.3. The zero-order valence-electron chi connectivity index (χ0n) is 9.79. The number of nitrogens with one attached hydrogen (secondary N) is 1. The van der Waals surface area contributed by atoms with Crippen molar-refractivity contribution in [2.75, 3.05) is 17.7 Å². The van der Waals surface area contributed by atoms with Gasteiger partial charge in [0.05, 0.1) is 27.6 Å². The summed E-state index contributed by atoms with van der Waals surface area (Å²) in [5, 5.41) is 11.8. The maximum atomic E-state index is 12.4. The molecular formula is C10H10Cl2F3NO3S. The first-order chi connectivity index (χ1) is 9.09. The van der Waals surface area contributed by atoms with Crippen molar-refractivity contribution < 1.29 is 26.7 Å². The van der Waals surface area contributed by atoms with Gasteiger partial charge in [-0.05, 0) is 18.2 Å². The first kappa shape index (κ1) is 17.4. The van der Waals surface area contributed by atoms with Crippen LogP contribution in [0.25, 0.3) is 0 Å². The van der Waals surface area contributed by atoms with Gasteiger partial charge >= 0.3 is 5.51 Å². The molecule has 1 aromatic carbocycles. The predicted octanol–water partition coefficient (Wildman–Crippen LogP) is 2.65. The molecule has 0 aromatic heterocycles. The minimum atomic E-state index is -5.45. The number of alkyl halides is 4. The molecule has 2 N–H and O–H groups in total. The first-order valence-electron chi connectivity index (χ1n) is 5.18. The van der Waals surface area contributed by atoms with Crippen LogP contribution < -0.4 is 5.32 Å². The van der Waals surface area contributed by atoms with E-state index in [1.807, 2.05) is 0 Å². The topological polar surface area (TPSA) is 66.4 Å². The van der Waals surface area contributed by atoms with E-state index in [0.29, 0.717) is 0 Å². The minimum absolute atomic E-state index is 0.0212. The van der Waals surface area contributed by atoms with Crippen LogP contribution in [-0.4, -0.2) is 37.6 Å². The van der Waals surface area contributed by atoms with Crippen molar-refractivity contribution in [2.24, 2.45) is 0 Å². The number of aliphatic hydroxyl groups excluding tert-OH is 1. The predicted molar refractivity (Wildman–Crippen MR) is 69.9 cm³/mol. The molecule has 20 heavy (non-hydrogen) atoms. The lowest BCUT2D eigenvalue weighted by molar-refractivity contribution is -0.0435. The second-order valence-corrected chi connectivity index (χ2v) is 6.44. The number of hydrogen-bond acceptors (Lipinski definition) is 4. The molecule has 0 saturated carbocycles. The molecule has 0 fully saturated rings. The number of aliphatic hydroxyl groups is 1. The Hall–Kier alpha value is -0.700. The zero-order chi connectivity index (χ0) is 15.6. The van der Waals surface area contributed by atoms with E-state index in [1.54, 1.807) is 0 Å². The van der Waals surface area contributed by atoms with E-state index >= 15 is 0 Å². The highest BCUT2D eigenvalue weighted by molar-refractivity contribution is 7.92. The van der Waals surface area contributed by atoms with Gasteiger partial charge in [0.1, 0.15) is 0 Å². The van der Waals surface area contributed by atoms with Crippen LogP contribution in [0.1, 0.15) is 0 Å². The third kappa shape index (κ3) is 3.91. The van der Waals surface area contributed by atoms with Crippen LogP contribution in [0.3, 0.4) is 0 Å². The molecule has 0 saturated heterocycles. The fraction of sp³-hybridized carbons (Fsp3) is 0.400. The number of hydrogen-bond donors (Lipinski definition) is 2. The molecule has 0 radical (unpaired) electrons. The summed E-state index contributed by atoms with van der Waals surface area (Å²) in [5.74, 6) is -0.0921. The summed E-state index contributed by atoms with van der Waals surface area (Å²) in [6.07, 6.45) is -0.949. The van der Waals surface area contributed by atoms with Crippen LogP contribution in [0.15, 0.2) is 23.1 Å². The Morgan fingerprint density at radius 3 is 2.45 bits per heavy atom. The molecule has 0 heterocycles. The van der Waals surface area contributed by atoms with Crippen LogP contribution in [0.5, 0.6) is 0 Å². The van der Waals surface area contributed by atoms with Crippen LogP contribution in [0.2, 0.25) is 5.02 Å². The molecule has 4 nitrogen and oxygen atoms in total. The number of rotatable bonds is 5. The Morgan fingerprint density at radius 1 is 1.35 bits per heavy atom. The van der Waals surface area contributed by atoms with E-state index in [2.05, 4.69) is 5.32 Å². The van der Waals surface area contributed by atoms with E-state index in [0.717, 1.165) is 18.2 Å². The van der Waals surface area contributed by atoms with Gasteiger partial charge in [-0.1, -0.05) is 11.6 Å². The summed E-state index contributed by atoms with van der Waals surface area (Å²) >= 11 is 11.1. The van der Waals surface area contributed by atoms with Crippen molar-refractivity contribution in [3.05, 3.63) is 23.2 Å². The highest BCUT2D eigenvalue weighted by Crippen LogP contribution is 2.33. The van der Waals surface area contributed by atoms with Crippen molar-refractivity contribution in [1.82, 2.24) is 0 Å².